The molecule has 3 aromatic rings. The molecule has 0 atom stereocenters. The quantitative estimate of drug-likeness (QED) is 0.591. The first kappa shape index (κ1) is 20.9. The van der Waals surface area contributed by atoms with Crippen LogP contribution in [0.5, 0.6) is 0 Å². The predicted octanol–water partition coefficient (Wildman–Crippen LogP) is 4.74. The standard InChI is InChI=1S/C22H21ClN2O3S/c1-2-17-8-14-20(15-9-17)25(29(27,28)21-6-4-3-5-7-21)16-22(26)24-19-12-10-18(23)11-13-19/h3-15H,2,16H2,1H3,(H,24,26). The van der Waals surface area contributed by atoms with Crippen LogP contribution >= 0.6 is 11.6 Å². The first-order valence-electron chi connectivity index (χ1n) is 9.12. The van der Waals surface area contributed by atoms with Gasteiger partial charge >= 0.3 is 0 Å². The zero-order chi connectivity index (χ0) is 20.9. The highest BCUT2D eigenvalue weighted by molar-refractivity contribution is 7.92. The average molecular weight is 429 g/mol. The van der Waals surface area contributed by atoms with E-state index in [0.29, 0.717) is 16.4 Å². The molecule has 0 bridgehead atoms. The van der Waals surface area contributed by atoms with E-state index in [-0.39, 0.29) is 11.4 Å². The Morgan fingerprint density at radius 2 is 1.55 bits per heavy atom. The Labute approximate surface area is 176 Å². The van der Waals surface area contributed by atoms with Gasteiger partial charge < -0.3 is 5.32 Å². The molecule has 1 N–H and O–H groups in total. The summed E-state index contributed by atoms with van der Waals surface area (Å²) in [5.41, 5.74) is 2.05. The maximum atomic E-state index is 13.2. The molecule has 0 heterocycles. The molecule has 0 aliphatic rings. The van der Waals surface area contributed by atoms with Crippen LogP contribution in [0.25, 0.3) is 0 Å². The Bertz CT molecular complexity index is 1070. The van der Waals surface area contributed by atoms with Gasteiger partial charge in [0.15, 0.2) is 0 Å². The van der Waals surface area contributed by atoms with Crippen molar-refractivity contribution in [3.8, 4) is 0 Å². The molecule has 0 saturated carbocycles. The van der Waals surface area contributed by atoms with Crippen LogP contribution in [0.1, 0.15) is 12.5 Å². The van der Waals surface area contributed by atoms with Crippen molar-refractivity contribution in [1.29, 1.82) is 0 Å². The Balaban J connectivity index is 1.91. The second-order valence-corrected chi connectivity index (χ2v) is 8.70. The largest absolute Gasteiger partial charge is 0.325 e. The first-order chi connectivity index (χ1) is 13.9. The number of aryl methyl sites for hydroxylation is 1. The fraction of sp³-hybridized carbons (Fsp3) is 0.136. The highest BCUT2D eigenvalue weighted by Gasteiger charge is 2.27. The number of carbonyl (C=O) groups excluding carboxylic acids is 1. The van der Waals surface area contributed by atoms with Crippen LogP contribution in [0.2, 0.25) is 5.02 Å². The van der Waals surface area contributed by atoms with Crippen molar-refractivity contribution in [3.63, 3.8) is 0 Å². The number of amides is 1. The minimum Gasteiger partial charge on any atom is -0.325 e. The van der Waals surface area contributed by atoms with Crippen LogP contribution in [-0.4, -0.2) is 20.9 Å². The molecule has 7 heteroatoms. The fourth-order valence-corrected chi connectivity index (χ4v) is 4.36. The minimum atomic E-state index is -3.92. The number of hydrogen-bond donors (Lipinski definition) is 1. The summed E-state index contributed by atoms with van der Waals surface area (Å²) in [7, 11) is -3.92. The molecular formula is C22H21ClN2O3S. The van der Waals surface area contributed by atoms with Crippen molar-refractivity contribution < 1.29 is 13.2 Å². The van der Waals surface area contributed by atoms with Gasteiger partial charge in [0.25, 0.3) is 10.0 Å². The maximum Gasteiger partial charge on any atom is 0.264 e. The third-order valence-corrected chi connectivity index (χ3v) is 6.42. The summed E-state index contributed by atoms with van der Waals surface area (Å²) in [5.74, 6) is -0.452. The lowest BCUT2D eigenvalue weighted by atomic mass is 10.1. The van der Waals surface area contributed by atoms with Crippen LogP contribution in [0, 0.1) is 0 Å². The van der Waals surface area contributed by atoms with Crippen molar-refractivity contribution >= 4 is 38.9 Å². The van der Waals surface area contributed by atoms with E-state index in [1.807, 2.05) is 19.1 Å². The fourth-order valence-electron chi connectivity index (χ4n) is 2.80. The number of benzene rings is 3. The lowest BCUT2D eigenvalue weighted by Crippen LogP contribution is -2.38. The van der Waals surface area contributed by atoms with Gasteiger partial charge in [0, 0.05) is 10.7 Å². The smallest absolute Gasteiger partial charge is 0.264 e. The zero-order valence-corrected chi connectivity index (χ0v) is 17.5. The van der Waals surface area contributed by atoms with E-state index in [1.54, 1.807) is 54.6 Å². The summed E-state index contributed by atoms with van der Waals surface area (Å²) in [6, 6.07) is 21.9. The summed E-state index contributed by atoms with van der Waals surface area (Å²) >= 11 is 5.86. The third-order valence-electron chi connectivity index (χ3n) is 4.38. The molecule has 0 fully saturated rings. The first-order valence-corrected chi connectivity index (χ1v) is 10.9. The normalized spacial score (nSPS) is 11.1. The van der Waals surface area contributed by atoms with Crippen LogP contribution in [0.3, 0.4) is 0 Å². The Kier molecular flexibility index (Phi) is 6.56. The van der Waals surface area contributed by atoms with E-state index in [9.17, 15) is 13.2 Å². The molecule has 150 valence electrons. The number of hydrogen-bond acceptors (Lipinski definition) is 3. The van der Waals surface area contributed by atoms with E-state index in [4.69, 9.17) is 11.6 Å². The van der Waals surface area contributed by atoms with Crippen LogP contribution in [0.15, 0.2) is 83.8 Å². The molecule has 0 radical (unpaired) electrons. The van der Waals surface area contributed by atoms with Crippen LogP contribution in [0.4, 0.5) is 11.4 Å². The number of nitrogens with one attached hydrogen (secondary N) is 1. The second-order valence-electron chi connectivity index (χ2n) is 6.40. The van der Waals surface area contributed by atoms with Gasteiger partial charge in [0.05, 0.1) is 10.6 Å². The molecule has 5 nitrogen and oxygen atoms in total. The number of halogens is 1. The van der Waals surface area contributed by atoms with Gasteiger partial charge in [-0.2, -0.15) is 0 Å². The molecule has 0 saturated heterocycles. The Morgan fingerprint density at radius 3 is 2.14 bits per heavy atom. The van der Waals surface area contributed by atoms with E-state index in [2.05, 4.69) is 5.32 Å². The zero-order valence-electron chi connectivity index (χ0n) is 15.9. The molecule has 3 rings (SSSR count). The molecule has 0 unspecified atom stereocenters. The minimum absolute atomic E-state index is 0.124. The van der Waals surface area contributed by atoms with Gasteiger partial charge in [0.1, 0.15) is 6.54 Å². The second kappa shape index (κ2) is 9.11. The number of rotatable bonds is 7. The number of sulfonamides is 1. The molecule has 29 heavy (non-hydrogen) atoms. The summed E-state index contributed by atoms with van der Waals surface area (Å²) < 4.78 is 27.6. The molecule has 0 spiro atoms. The molecule has 1 amide bonds. The summed E-state index contributed by atoms with van der Waals surface area (Å²) in [5, 5.41) is 3.26. The van der Waals surface area contributed by atoms with Crippen molar-refractivity contribution in [1.82, 2.24) is 0 Å². The van der Waals surface area contributed by atoms with Gasteiger partial charge in [-0.3, -0.25) is 9.10 Å². The molecular weight excluding hydrogens is 408 g/mol. The van der Waals surface area contributed by atoms with Gasteiger partial charge in [0.2, 0.25) is 5.91 Å². The van der Waals surface area contributed by atoms with Crippen molar-refractivity contribution in [2.75, 3.05) is 16.2 Å². The highest BCUT2D eigenvalue weighted by atomic mass is 35.5. The van der Waals surface area contributed by atoms with Crippen molar-refractivity contribution in [2.24, 2.45) is 0 Å². The van der Waals surface area contributed by atoms with E-state index >= 15 is 0 Å². The average Bonchev–Trinajstić information content (AvgIpc) is 2.74. The van der Waals surface area contributed by atoms with E-state index < -0.39 is 15.9 Å². The topological polar surface area (TPSA) is 66.5 Å². The summed E-state index contributed by atoms with van der Waals surface area (Å²) in [4.78, 5) is 12.8. The van der Waals surface area contributed by atoms with Gasteiger partial charge in [-0.25, -0.2) is 8.42 Å². The lowest BCUT2D eigenvalue weighted by Gasteiger charge is -2.24. The monoisotopic (exact) mass is 428 g/mol. The Morgan fingerprint density at radius 1 is 0.931 bits per heavy atom. The molecule has 3 aromatic carbocycles. The SMILES string of the molecule is CCc1ccc(N(CC(=O)Nc2ccc(Cl)cc2)S(=O)(=O)c2ccccc2)cc1. The summed E-state index contributed by atoms with van der Waals surface area (Å²) in [6.07, 6.45) is 0.836. The van der Waals surface area contributed by atoms with Gasteiger partial charge in [-0.15, -0.1) is 0 Å². The van der Waals surface area contributed by atoms with Crippen LogP contribution in [-0.2, 0) is 21.2 Å². The number of carbonyl (C=O) groups is 1. The number of anilines is 2. The van der Waals surface area contributed by atoms with E-state index in [0.717, 1.165) is 16.3 Å². The third kappa shape index (κ3) is 5.16. The van der Waals surface area contributed by atoms with Crippen molar-refractivity contribution in [2.45, 2.75) is 18.2 Å². The maximum absolute atomic E-state index is 13.2. The molecule has 0 aliphatic carbocycles. The Hall–Kier alpha value is -2.83. The van der Waals surface area contributed by atoms with Crippen molar-refractivity contribution in [3.05, 3.63) is 89.4 Å². The van der Waals surface area contributed by atoms with Crippen LogP contribution < -0.4 is 9.62 Å². The lowest BCUT2D eigenvalue weighted by molar-refractivity contribution is -0.114. The molecule has 0 aliphatic heterocycles. The number of nitrogens with zero attached hydrogens (tertiary/aromatic N) is 1. The predicted molar refractivity (Wildman–Crippen MR) is 117 cm³/mol. The summed E-state index contributed by atoms with van der Waals surface area (Å²) in [6.45, 7) is 1.67. The van der Waals surface area contributed by atoms with E-state index in [1.165, 1.54) is 12.1 Å². The van der Waals surface area contributed by atoms with Gasteiger partial charge in [-0.1, -0.05) is 48.9 Å². The van der Waals surface area contributed by atoms with Gasteiger partial charge in [-0.05, 0) is 60.5 Å². The highest BCUT2D eigenvalue weighted by Crippen LogP contribution is 2.24. The molecule has 0 aromatic heterocycles.